The number of nitrogen functional groups attached to an aromatic ring is 1. The molecule has 2 aromatic rings. The van der Waals surface area contributed by atoms with Crippen LogP contribution in [-0.2, 0) is 13.0 Å². The molecule has 21 heavy (non-hydrogen) atoms. The first-order valence-corrected chi connectivity index (χ1v) is 7.40. The molecule has 3 N–H and O–H groups in total. The SMILES string of the molecule is CCn1cc(N)cc1C(=O)NC(C)CCc1ccccc1. The van der Waals surface area contributed by atoms with Crippen molar-refractivity contribution in [2.75, 3.05) is 5.73 Å². The lowest BCUT2D eigenvalue weighted by Gasteiger charge is -2.14. The monoisotopic (exact) mass is 285 g/mol. The molecule has 0 saturated heterocycles. The van der Waals surface area contributed by atoms with Gasteiger partial charge in [-0.3, -0.25) is 4.79 Å². The van der Waals surface area contributed by atoms with Gasteiger partial charge in [0, 0.05) is 18.8 Å². The third-order valence-electron chi connectivity index (χ3n) is 3.58. The first-order chi connectivity index (χ1) is 10.1. The van der Waals surface area contributed by atoms with Crippen LogP contribution in [0.5, 0.6) is 0 Å². The fraction of sp³-hybridized carbons (Fsp3) is 0.353. The summed E-state index contributed by atoms with van der Waals surface area (Å²) >= 11 is 0. The smallest absolute Gasteiger partial charge is 0.268 e. The van der Waals surface area contributed by atoms with Crippen LogP contribution in [0.15, 0.2) is 42.6 Å². The highest BCUT2D eigenvalue weighted by molar-refractivity contribution is 5.94. The molecule has 112 valence electrons. The van der Waals surface area contributed by atoms with Gasteiger partial charge in [0.05, 0.1) is 5.69 Å². The lowest BCUT2D eigenvalue weighted by atomic mass is 10.1. The van der Waals surface area contributed by atoms with Crippen molar-refractivity contribution >= 4 is 11.6 Å². The highest BCUT2D eigenvalue weighted by Crippen LogP contribution is 2.11. The summed E-state index contributed by atoms with van der Waals surface area (Å²) < 4.78 is 1.87. The van der Waals surface area contributed by atoms with Crippen molar-refractivity contribution in [1.82, 2.24) is 9.88 Å². The zero-order valence-corrected chi connectivity index (χ0v) is 12.7. The molecule has 1 aromatic heterocycles. The van der Waals surface area contributed by atoms with Gasteiger partial charge in [-0.1, -0.05) is 30.3 Å². The Bertz CT molecular complexity index is 589. The summed E-state index contributed by atoms with van der Waals surface area (Å²) in [4.78, 5) is 12.3. The summed E-state index contributed by atoms with van der Waals surface area (Å²) in [7, 11) is 0. The minimum Gasteiger partial charge on any atom is -0.397 e. The Morgan fingerprint density at radius 2 is 2.05 bits per heavy atom. The molecule has 0 aliphatic heterocycles. The number of nitrogens with one attached hydrogen (secondary N) is 1. The highest BCUT2D eigenvalue weighted by atomic mass is 16.2. The summed E-state index contributed by atoms with van der Waals surface area (Å²) in [5, 5.41) is 3.04. The normalized spacial score (nSPS) is 12.1. The summed E-state index contributed by atoms with van der Waals surface area (Å²) in [6, 6.07) is 12.2. The molecule has 0 saturated carbocycles. The second-order valence-corrected chi connectivity index (χ2v) is 5.34. The third-order valence-corrected chi connectivity index (χ3v) is 3.58. The lowest BCUT2D eigenvalue weighted by Crippen LogP contribution is -2.34. The Balaban J connectivity index is 1.90. The number of benzene rings is 1. The molecule has 4 heteroatoms. The Kier molecular flexibility index (Phi) is 5.04. The maximum absolute atomic E-state index is 12.3. The quantitative estimate of drug-likeness (QED) is 0.857. The number of carbonyl (C=O) groups excluding carboxylic acids is 1. The highest BCUT2D eigenvalue weighted by Gasteiger charge is 2.14. The molecule has 1 amide bonds. The number of hydrogen-bond acceptors (Lipinski definition) is 2. The van der Waals surface area contributed by atoms with Gasteiger partial charge < -0.3 is 15.6 Å². The van der Waals surface area contributed by atoms with E-state index in [1.54, 1.807) is 12.3 Å². The molecule has 1 atom stereocenters. The average Bonchev–Trinajstić information content (AvgIpc) is 2.87. The fourth-order valence-electron chi connectivity index (χ4n) is 2.38. The maximum Gasteiger partial charge on any atom is 0.268 e. The zero-order valence-electron chi connectivity index (χ0n) is 12.7. The molecule has 0 aliphatic carbocycles. The maximum atomic E-state index is 12.3. The van der Waals surface area contributed by atoms with Crippen LogP contribution >= 0.6 is 0 Å². The van der Waals surface area contributed by atoms with Crippen molar-refractivity contribution in [3.05, 3.63) is 53.9 Å². The van der Waals surface area contributed by atoms with Gasteiger partial charge in [0.15, 0.2) is 0 Å². The van der Waals surface area contributed by atoms with Crippen molar-refractivity contribution in [1.29, 1.82) is 0 Å². The summed E-state index contributed by atoms with van der Waals surface area (Å²) in [6.07, 6.45) is 3.67. The number of carbonyl (C=O) groups is 1. The predicted octanol–water partition coefficient (Wildman–Crippen LogP) is 2.84. The van der Waals surface area contributed by atoms with E-state index in [1.807, 2.05) is 36.6 Å². The number of rotatable bonds is 6. The van der Waals surface area contributed by atoms with E-state index in [4.69, 9.17) is 5.73 Å². The Morgan fingerprint density at radius 1 is 1.33 bits per heavy atom. The number of anilines is 1. The molecular weight excluding hydrogens is 262 g/mol. The molecule has 1 aromatic carbocycles. The third kappa shape index (κ3) is 4.12. The van der Waals surface area contributed by atoms with Crippen molar-refractivity contribution in [3.63, 3.8) is 0 Å². The summed E-state index contributed by atoms with van der Waals surface area (Å²) in [5.41, 5.74) is 8.30. The van der Waals surface area contributed by atoms with E-state index in [0.29, 0.717) is 11.4 Å². The number of amides is 1. The van der Waals surface area contributed by atoms with Crippen LogP contribution in [0.4, 0.5) is 5.69 Å². The van der Waals surface area contributed by atoms with Gasteiger partial charge in [-0.2, -0.15) is 0 Å². The summed E-state index contributed by atoms with van der Waals surface area (Å²) in [5.74, 6) is -0.0610. The minimum absolute atomic E-state index is 0.0610. The van der Waals surface area contributed by atoms with E-state index < -0.39 is 0 Å². The second-order valence-electron chi connectivity index (χ2n) is 5.34. The Morgan fingerprint density at radius 3 is 2.71 bits per heavy atom. The average molecular weight is 285 g/mol. The standard InChI is InChI=1S/C17H23N3O/c1-3-20-12-15(18)11-16(20)17(21)19-13(2)9-10-14-7-5-4-6-8-14/h4-8,11-13H,3,9-10,18H2,1-2H3,(H,19,21). The number of hydrogen-bond donors (Lipinski definition) is 2. The van der Waals surface area contributed by atoms with Crippen LogP contribution in [0.3, 0.4) is 0 Å². The van der Waals surface area contributed by atoms with E-state index in [2.05, 4.69) is 17.4 Å². The van der Waals surface area contributed by atoms with Gasteiger partial charge in [0.25, 0.3) is 5.91 Å². The van der Waals surface area contributed by atoms with Crippen molar-refractivity contribution in [2.24, 2.45) is 0 Å². The molecule has 1 unspecified atom stereocenters. The van der Waals surface area contributed by atoms with Gasteiger partial charge in [0.1, 0.15) is 5.69 Å². The van der Waals surface area contributed by atoms with Crippen LogP contribution in [-0.4, -0.2) is 16.5 Å². The number of nitrogens with two attached hydrogens (primary N) is 1. The van der Waals surface area contributed by atoms with Gasteiger partial charge in [0.2, 0.25) is 0 Å². The Hall–Kier alpha value is -2.23. The molecule has 0 radical (unpaired) electrons. The number of aryl methyl sites for hydroxylation is 2. The van der Waals surface area contributed by atoms with Gasteiger partial charge >= 0.3 is 0 Å². The lowest BCUT2D eigenvalue weighted by molar-refractivity contribution is 0.0929. The van der Waals surface area contributed by atoms with Crippen molar-refractivity contribution in [2.45, 2.75) is 39.3 Å². The van der Waals surface area contributed by atoms with Crippen molar-refractivity contribution < 1.29 is 4.79 Å². The van der Waals surface area contributed by atoms with Gasteiger partial charge in [-0.05, 0) is 38.3 Å². The molecule has 4 nitrogen and oxygen atoms in total. The van der Waals surface area contributed by atoms with E-state index >= 15 is 0 Å². The topological polar surface area (TPSA) is 60.0 Å². The molecule has 0 aliphatic rings. The van der Waals surface area contributed by atoms with E-state index in [9.17, 15) is 4.79 Å². The zero-order chi connectivity index (χ0) is 15.2. The molecular formula is C17H23N3O. The van der Waals surface area contributed by atoms with E-state index in [-0.39, 0.29) is 11.9 Å². The van der Waals surface area contributed by atoms with E-state index in [1.165, 1.54) is 5.56 Å². The molecule has 0 fully saturated rings. The van der Waals surface area contributed by atoms with Crippen LogP contribution in [0.2, 0.25) is 0 Å². The molecule has 2 rings (SSSR count). The van der Waals surface area contributed by atoms with Crippen LogP contribution in [0, 0.1) is 0 Å². The van der Waals surface area contributed by atoms with E-state index in [0.717, 1.165) is 19.4 Å². The first-order valence-electron chi connectivity index (χ1n) is 7.40. The first kappa shape index (κ1) is 15.2. The second kappa shape index (κ2) is 6.97. The predicted molar refractivity (Wildman–Crippen MR) is 86.2 cm³/mol. The Labute approximate surface area is 126 Å². The number of aromatic nitrogens is 1. The minimum atomic E-state index is -0.0610. The molecule has 0 bridgehead atoms. The van der Waals surface area contributed by atoms with Crippen LogP contribution < -0.4 is 11.1 Å². The van der Waals surface area contributed by atoms with Crippen LogP contribution in [0.1, 0.15) is 36.3 Å². The molecule has 0 spiro atoms. The van der Waals surface area contributed by atoms with Gasteiger partial charge in [-0.15, -0.1) is 0 Å². The number of nitrogens with zero attached hydrogens (tertiary/aromatic N) is 1. The fourth-order valence-corrected chi connectivity index (χ4v) is 2.38. The van der Waals surface area contributed by atoms with Crippen LogP contribution in [0.25, 0.3) is 0 Å². The molecule has 1 heterocycles. The van der Waals surface area contributed by atoms with Crippen molar-refractivity contribution in [3.8, 4) is 0 Å². The van der Waals surface area contributed by atoms with Gasteiger partial charge in [-0.25, -0.2) is 0 Å². The largest absolute Gasteiger partial charge is 0.397 e. The summed E-state index contributed by atoms with van der Waals surface area (Å²) in [6.45, 7) is 4.76.